The van der Waals surface area contributed by atoms with E-state index in [9.17, 15) is 0 Å². The summed E-state index contributed by atoms with van der Waals surface area (Å²) in [5, 5.41) is 7.67. The van der Waals surface area contributed by atoms with Crippen LogP contribution in [-0.2, 0) is 13.6 Å². The molecule has 0 amide bonds. The quantitative estimate of drug-likeness (QED) is 0.802. The van der Waals surface area contributed by atoms with Crippen LogP contribution in [-0.4, -0.2) is 22.2 Å². The predicted molar refractivity (Wildman–Crippen MR) is 66.5 cm³/mol. The van der Waals surface area contributed by atoms with Gasteiger partial charge in [0.15, 0.2) is 0 Å². The average molecular weight is 242 g/mol. The molecular formula is C12H20ClN3. The Labute approximate surface area is 102 Å². The Balaban J connectivity index is 1.78. The summed E-state index contributed by atoms with van der Waals surface area (Å²) in [4.78, 5) is 0. The van der Waals surface area contributed by atoms with Crippen LogP contribution in [0, 0.1) is 5.41 Å². The van der Waals surface area contributed by atoms with Crippen LogP contribution in [0.1, 0.15) is 31.2 Å². The number of halogens is 1. The van der Waals surface area contributed by atoms with Gasteiger partial charge >= 0.3 is 0 Å². The SMILES string of the molecule is Cn1cc(CNCC2(CCl)CCCC2)cn1. The number of hydrogen-bond donors (Lipinski definition) is 1. The van der Waals surface area contributed by atoms with Gasteiger partial charge in [-0.1, -0.05) is 12.8 Å². The average Bonchev–Trinajstić information content (AvgIpc) is 2.89. The van der Waals surface area contributed by atoms with E-state index in [-0.39, 0.29) is 0 Å². The highest BCUT2D eigenvalue weighted by atomic mass is 35.5. The van der Waals surface area contributed by atoms with Crippen molar-refractivity contribution in [3.63, 3.8) is 0 Å². The highest BCUT2D eigenvalue weighted by Crippen LogP contribution is 2.38. The fourth-order valence-electron chi connectivity index (χ4n) is 2.52. The summed E-state index contributed by atoms with van der Waals surface area (Å²) in [7, 11) is 1.95. The third-order valence-electron chi connectivity index (χ3n) is 3.54. The lowest BCUT2D eigenvalue weighted by Crippen LogP contribution is -2.33. The third-order valence-corrected chi connectivity index (χ3v) is 4.10. The maximum atomic E-state index is 6.09. The zero-order chi connectivity index (χ0) is 11.4. The first-order valence-electron chi connectivity index (χ1n) is 5.98. The molecule has 1 aliphatic rings. The van der Waals surface area contributed by atoms with Crippen molar-refractivity contribution in [1.82, 2.24) is 15.1 Å². The van der Waals surface area contributed by atoms with E-state index in [0.29, 0.717) is 5.41 Å². The predicted octanol–water partition coefficient (Wildman–Crippen LogP) is 2.31. The monoisotopic (exact) mass is 241 g/mol. The van der Waals surface area contributed by atoms with Gasteiger partial charge in [-0.3, -0.25) is 4.68 Å². The molecule has 4 heteroatoms. The molecule has 0 aliphatic heterocycles. The van der Waals surface area contributed by atoms with Crippen molar-refractivity contribution >= 4 is 11.6 Å². The van der Waals surface area contributed by atoms with Gasteiger partial charge in [0.25, 0.3) is 0 Å². The van der Waals surface area contributed by atoms with Gasteiger partial charge in [-0.05, 0) is 18.3 Å². The van der Waals surface area contributed by atoms with Crippen molar-refractivity contribution < 1.29 is 0 Å². The molecule has 0 unspecified atom stereocenters. The molecule has 90 valence electrons. The molecule has 1 aromatic rings. The molecule has 1 aromatic heterocycles. The standard InChI is InChI=1S/C12H20ClN3/c1-16-8-11(7-15-16)6-14-10-12(9-13)4-2-3-5-12/h7-8,14H,2-6,9-10H2,1H3. The third kappa shape index (κ3) is 2.77. The molecule has 1 saturated carbocycles. The summed E-state index contributed by atoms with van der Waals surface area (Å²) in [5.41, 5.74) is 1.59. The van der Waals surface area contributed by atoms with Gasteiger partial charge in [-0.25, -0.2) is 0 Å². The number of nitrogens with zero attached hydrogens (tertiary/aromatic N) is 2. The molecule has 0 saturated heterocycles. The van der Waals surface area contributed by atoms with Crippen molar-refractivity contribution in [2.45, 2.75) is 32.2 Å². The van der Waals surface area contributed by atoms with Crippen molar-refractivity contribution in [3.05, 3.63) is 18.0 Å². The van der Waals surface area contributed by atoms with Gasteiger partial charge in [0.1, 0.15) is 0 Å². The van der Waals surface area contributed by atoms with Crippen LogP contribution in [0.5, 0.6) is 0 Å². The second kappa shape index (κ2) is 5.19. The van der Waals surface area contributed by atoms with Crippen molar-refractivity contribution in [3.8, 4) is 0 Å². The lowest BCUT2D eigenvalue weighted by atomic mass is 9.88. The van der Waals surface area contributed by atoms with E-state index in [4.69, 9.17) is 11.6 Å². The van der Waals surface area contributed by atoms with Gasteiger partial charge in [0.2, 0.25) is 0 Å². The second-order valence-corrected chi connectivity index (χ2v) is 5.23. The van der Waals surface area contributed by atoms with E-state index >= 15 is 0 Å². The van der Waals surface area contributed by atoms with E-state index in [1.807, 2.05) is 17.9 Å². The fraction of sp³-hybridized carbons (Fsp3) is 0.750. The first-order valence-corrected chi connectivity index (χ1v) is 6.52. The topological polar surface area (TPSA) is 29.9 Å². The minimum absolute atomic E-state index is 0.351. The minimum Gasteiger partial charge on any atom is -0.312 e. The highest BCUT2D eigenvalue weighted by molar-refractivity contribution is 6.18. The molecule has 1 fully saturated rings. The highest BCUT2D eigenvalue weighted by Gasteiger charge is 2.32. The summed E-state index contributed by atoms with van der Waals surface area (Å²) in [6.45, 7) is 1.93. The summed E-state index contributed by atoms with van der Waals surface area (Å²) in [6, 6.07) is 0. The molecule has 1 aliphatic carbocycles. The van der Waals surface area contributed by atoms with Gasteiger partial charge < -0.3 is 5.32 Å². The molecule has 2 rings (SSSR count). The van der Waals surface area contributed by atoms with Crippen molar-refractivity contribution in [2.24, 2.45) is 12.5 Å². The Hall–Kier alpha value is -0.540. The Morgan fingerprint density at radius 2 is 2.25 bits per heavy atom. The van der Waals surface area contributed by atoms with Crippen LogP contribution in [0.3, 0.4) is 0 Å². The van der Waals surface area contributed by atoms with Crippen LogP contribution in [0.4, 0.5) is 0 Å². The largest absolute Gasteiger partial charge is 0.312 e. The number of rotatable bonds is 5. The normalized spacial score (nSPS) is 19.1. The second-order valence-electron chi connectivity index (χ2n) is 4.97. The molecular weight excluding hydrogens is 222 g/mol. The van der Waals surface area contributed by atoms with Gasteiger partial charge in [0.05, 0.1) is 6.20 Å². The first-order chi connectivity index (χ1) is 7.74. The Morgan fingerprint density at radius 1 is 1.50 bits per heavy atom. The Kier molecular flexibility index (Phi) is 3.87. The number of alkyl halides is 1. The summed E-state index contributed by atoms with van der Waals surface area (Å²) >= 11 is 6.09. The zero-order valence-corrected chi connectivity index (χ0v) is 10.6. The van der Waals surface area contributed by atoms with E-state index < -0.39 is 0 Å². The van der Waals surface area contributed by atoms with Crippen LogP contribution in [0.15, 0.2) is 12.4 Å². The fourth-order valence-corrected chi connectivity index (χ4v) is 2.88. The van der Waals surface area contributed by atoms with Crippen LogP contribution < -0.4 is 5.32 Å². The Morgan fingerprint density at radius 3 is 2.81 bits per heavy atom. The molecule has 3 nitrogen and oxygen atoms in total. The van der Waals surface area contributed by atoms with Gasteiger partial charge in [-0.15, -0.1) is 11.6 Å². The van der Waals surface area contributed by atoms with Crippen LogP contribution in [0.2, 0.25) is 0 Å². The maximum Gasteiger partial charge on any atom is 0.0534 e. The lowest BCUT2D eigenvalue weighted by molar-refractivity contribution is 0.320. The zero-order valence-electron chi connectivity index (χ0n) is 9.88. The van der Waals surface area contributed by atoms with Crippen molar-refractivity contribution in [2.75, 3.05) is 12.4 Å². The molecule has 0 atom stereocenters. The maximum absolute atomic E-state index is 6.09. The molecule has 0 spiro atoms. The minimum atomic E-state index is 0.351. The molecule has 16 heavy (non-hydrogen) atoms. The smallest absolute Gasteiger partial charge is 0.0534 e. The summed E-state index contributed by atoms with van der Waals surface area (Å²) in [6.07, 6.45) is 9.18. The summed E-state index contributed by atoms with van der Waals surface area (Å²) in [5.74, 6) is 0.785. The van der Waals surface area contributed by atoms with Gasteiger partial charge in [0, 0.05) is 37.8 Å². The molecule has 1 N–H and O–H groups in total. The molecule has 0 bridgehead atoms. The summed E-state index contributed by atoms with van der Waals surface area (Å²) < 4.78 is 1.84. The number of aromatic nitrogens is 2. The van der Waals surface area contributed by atoms with E-state index in [0.717, 1.165) is 19.0 Å². The first kappa shape index (κ1) is 11.9. The lowest BCUT2D eigenvalue weighted by Gasteiger charge is -2.26. The van der Waals surface area contributed by atoms with E-state index in [1.165, 1.54) is 31.2 Å². The number of aryl methyl sites for hydroxylation is 1. The molecule has 0 radical (unpaired) electrons. The van der Waals surface area contributed by atoms with Crippen molar-refractivity contribution in [1.29, 1.82) is 0 Å². The van der Waals surface area contributed by atoms with E-state index in [2.05, 4.69) is 16.6 Å². The Bertz CT molecular complexity index is 329. The number of nitrogens with one attached hydrogen (secondary N) is 1. The number of hydrogen-bond acceptors (Lipinski definition) is 2. The molecule has 0 aromatic carbocycles. The molecule has 1 heterocycles. The van der Waals surface area contributed by atoms with Gasteiger partial charge in [-0.2, -0.15) is 5.10 Å². The van der Waals surface area contributed by atoms with Crippen LogP contribution >= 0.6 is 11.6 Å². The van der Waals surface area contributed by atoms with Crippen LogP contribution in [0.25, 0.3) is 0 Å². The van der Waals surface area contributed by atoms with E-state index in [1.54, 1.807) is 0 Å².